The number of nitro benzene ring substituents is 1. The van der Waals surface area contributed by atoms with E-state index in [2.05, 4.69) is 4.36 Å². The number of benzene rings is 2. The fourth-order valence-corrected chi connectivity index (χ4v) is 6.03. The van der Waals surface area contributed by atoms with Crippen LogP contribution in [0.2, 0.25) is 5.02 Å². The van der Waals surface area contributed by atoms with Crippen molar-refractivity contribution in [3.63, 3.8) is 0 Å². The number of carboxylic acid groups (broad SMARTS) is 1. The molecule has 3 N–H and O–H groups in total. The molecule has 0 bridgehead atoms. The van der Waals surface area contributed by atoms with Crippen LogP contribution < -0.4 is 9.88 Å². The molecule has 200 valence electrons. The number of nitro groups is 1. The second-order valence-corrected chi connectivity index (χ2v) is 11.4. The summed E-state index contributed by atoms with van der Waals surface area (Å²) in [5.41, 5.74) is 0.385. The van der Waals surface area contributed by atoms with E-state index < -0.39 is 43.9 Å². The molecule has 1 aliphatic carbocycles. The number of carbonyl (C=O) groups excluding carboxylic acids is 1. The quantitative estimate of drug-likeness (QED) is 0.327. The molecule has 11 nitrogen and oxygen atoms in total. The maximum atomic E-state index is 12.6. The molecule has 1 unspecified atom stereocenters. The van der Waals surface area contributed by atoms with E-state index in [1.807, 2.05) is 12.1 Å². The van der Waals surface area contributed by atoms with Gasteiger partial charge in [0, 0.05) is 35.9 Å². The predicted octanol–water partition coefficient (Wildman–Crippen LogP) is 4.10. The summed E-state index contributed by atoms with van der Waals surface area (Å²) in [5.74, 6) is -3.11. The molecule has 0 radical (unpaired) electrons. The van der Waals surface area contributed by atoms with Crippen LogP contribution in [0.25, 0.3) is 0 Å². The average molecular weight is 554 g/mol. The summed E-state index contributed by atoms with van der Waals surface area (Å²) >= 11 is 6.13. The molecule has 13 heteroatoms. The Bertz CT molecular complexity index is 1340. The first-order valence-corrected chi connectivity index (χ1v) is 13.5. The van der Waals surface area contributed by atoms with Crippen molar-refractivity contribution in [2.75, 3.05) is 19.5 Å². The third kappa shape index (κ3) is 7.04. The van der Waals surface area contributed by atoms with E-state index in [9.17, 15) is 23.9 Å². The highest BCUT2D eigenvalue weighted by atomic mass is 35.5. The van der Waals surface area contributed by atoms with E-state index in [1.54, 1.807) is 13.2 Å². The molecule has 0 saturated heterocycles. The van der Waals surface area contributed by atoms with Gasteiger partial charge in [0.05, 0.1) is 4.92 Å². The number of nitrogens with zero attached hydrogens (tertiary/aromatic N) is 2. The van der Waals surface area contributed by atoms with Crippen LogP contribution in [0.15, 0.2) is 40.8 Å². The Morgan fingerprint density at radius 1 is 1.32 bits per heavy atom. The summed E-state index contributed by atoms with van der Waals surface area (Å²) in [6, 6.07) is 8.99. The van der Waals surface area contributed by atoms with Crippen LogP contribution in [0, 0.1) is 16.0 Å². The van der Waals surface area contributed by atoms with Crippen LogP contribution in [-0.4, -0.2) is 45.6 Å². The zero-order valence-electron chi connectivity index (χ0n) is 20.3. The summed E-state index contributed by atoms with van der Waals surface area (Å²) in [4.78, 5) is 34.5. The highest BCUT2D eigenvalue weighted by molar-refractivity contribution is 7.91. The largest absolute Gasteiger partial charge is 0.483 e. The van der Waals surface area contributed by atoms with E-state index in [1.165, 1.54) is 19.1 Å². The van der Waals surface area contributed by atoms with Crippen molar-refractivity contribution in [1.82, 2.24) is 0 Å². The number of aryl methyl sites for hydroxylation is 1. The first-order valence-electron chi connectivity index (χ1n) is 11.4. The van der Waals surface area contributed by atoms with Crippen LogP contribution in [0.1, 0.15) is 47.7 Å². The molecule has 0 spiro atoms. The minimum Gasteiger partial charge on any atom is -0.483 e. The van der Waals surface area contributed by atoms with Crippen LogP contribution in [0.3, 0.4) is 0 Å². The third-order valence-corrected chi connectivity index (χ3v) is 7.88. The van der Waals surface area contributed by atoms with Crippen LogP contribution in [-0.2, 0) is 31.5 Å². The molecule has 37 heavy (non-hydrogen) atoms. The van der Waals surface area contributed by atoms with E-state index >= 15 is 0 Å². The van der Waals surface area contributed by atoms with Gasteiger partial charge < -0.3 is 14.6 Å². The minimum absolute atomic E-state index is 0.0191. The van der Waals surface area contributed by atoms with Crippen molar-refractivity contribution in [2.24, 2.45) is 15.4 Å². The van der Waals surface area contributed by atoms with Gasteiger partial charge in [-0.15, -0.1) is 4.36 Å². The Morgan fingerprint density at radius 3 is 2.70 bits per heavy atom. The number of methoxy groups -OCH3 is 1. The number of carboxylic acids is 1. The predicted molar refractivity (Wildman–Crippen MR) is 137 cm³/mol. The van der Waals surface area contributed by atoms with Crippen LogP contribution in [0.5, 0.6) is 5.75 Å². The molecule has 3 atom stereocenters. The first-order chi connectivity index (χ1) is 17.4. The Labute approximate surface area is 219 Å². The topological polar surface area (TPSA) is 171 Å². The van der Waals surface area contributed by atoms with Crippen molar-refractivity contribution in [2.45, 2.75) is 38.2 Å². The summed E-state index contributed by atoms with van der Waals surface area (Å²) in [5, 5.41) is 26.9. The van der Waals surface area contributed by atoms with Gasteiger partial charge in [0.15, 0.2) is 5.75 Å². The Hall–Kier alpha value is -3.06. The van der Waals surface area contributed by atoms with Gasteiger partial charge in [0.1, 0.15) is 22.1 Å². The Balaban J connectivity index is 1.85. The number of halogens is 1. The molecule has 3 rings (SSSR count). The average Bonchev–Trinajstić information content (AvgIpc) is 2.80. The zero-order valence-corrected chi connectivity index (χ0v) is 21.9. The number of nitrogens with two attached hydrogens (primary N) is 1. The normalized spacial score (nSPS) is 19.2. The summed E-state index contributed by atoms with van der Waals surface area (Å²) in [6.07, 6.45) is 1.97. The monoisotopic (exact) mass is 553 g/mol. The van der Waals surface area contributed by atoms with E-state index in [-0.39, 0.29) is 30.1 Å². The number of carbonyl (C=O) groups is 2. The number of rotatable bonds is 10. The molecule has 2 aromatic rings. The second kappa shape index (κ2) is 11.5. The van der Waals surface area contributed by atoms with E-state index in [0.717, 1.165) is 30.0 Å². The van der Waals surface area contributed by atoms with Crippen molar-refractivity contribution in [1.29, 1.82) is 0 Å². The Morgan fingerprint density at radius 2 is 2.05 bits per heavy atom. The molecule has 0 heterocycles. The summed E-state index contributed by atoms with van der Waals surface area (Å²) in [7, 11) is -2.00. The van der Waals surface area contributed by atoms with Crippen molar-refractivity contribution < 1.29 is 33.3 Å². The molecule has 0 aliphatic heterocycles. The molecule has 0 fully saturated rings. The maximum absolute atomic E-state index is 12.6. The zero-order chi connectivity index (χ0) is 27.4. The van der Waals surface area contributed by atoms with Crippen molar-refractivity contribution in [3.05, 3.63) is 68.2 Å². The van der Waals surface area contributed by atoms with Gasteiger partial charge >= 0.3 is 11.7 Å². The molecule has 0 saturated carbocycles. The molecule has 1 aliphatic rings. The standard InChI is InChI=1S/C24H28ClN3O8S/c1-15(10-22(29)30)13-37(26,34)27-23(31)17-5-8-21(20(12-17)28(32)33)36-14-24(35-2)9-3-4-16-11-18(25)6-7-19(16)24/h5-8,11-12,15H,3-4,9-10,13-14H2,1-2H3,(H,29,30)(H2,26,27,31,34)/t15-,24-,37?/m0/s1. The Kier molecular flexibility index (Phi) is 8.90. The number of fused-ring (bicyclic) bond motifs is 1. The lowest BCUT2D eigenvalue weighted by Crippen LogP contribution is -2.39. The lowest BCUT2D eigenvalue weighted by Gasteiger charge is -2.37. The van der Waals surface area contributed by atoms with Crippen LogP contribution in [0.4, 0.5) is 5.69 Å². The first kappa shape index (κ1) is 28.5. The fraction of sp³-hybridized carbons (Fsp3) is 0.417. The number of ether oxygens (including phenoxy) is 2. The van der Waals surface area contributed by atoms with Gasteiger partial charge in [-0.1, -0.05) is 24.6 Å². The van der Waals surface area contributed by atoms with Gasteiger partial charge in [0.25, 0.3) is 5.91 Å². The highest BCUT2D eigenvalue weighted by Crippen LogP contribution is 2.40. The van der Waals surface area contributed by atoms with Gasteiger partial charge in [0.2, 0.25) is 0 Å². The van der Waals surface area contributed by atoms with Crippen molar-refractivity contribution >= 4 is 39.1 Å². The SMILES string of the molecule is CO[C@]1(COc2ccc(C(=O)N=S(N)(=O)C[C@@H](C)CC(=O)O)cc2[N+](=O)[O-])CCCc2cc(Cl)ccc21. The summed E-state index contributed by atoms with van der Waals surface area (Å²) in [6.45, 7) is 1.50. The summed E-state index contributed by atoms with van der Waals surface area (Å²) < 4.78 is 27.8. The minimum atomic E-state index is -3.55. The molecule has 2 aromatic carbocycles. The van der Waals surface area contributed by atoms with Gasteiger partial charge in [-0.05, 0) is 60.6 Å². The fourth-order valence-electron chi connectivity index (χ4n) is 4.44. The number of hydrogen-bond donors (Lipinski definition) is 2. The van der Waals surface area contributed by atoms with E-state index in [0.29, 0.717) is 11.4 Å². The second-order valence-electron chi connectivity index (χ2n) is 9.04. The van der Waals surface area contributed by atoms with Gasteiger partial charge in [-0.25, -0.2) is 9.35 Å². The van der Waals surface area contributed by atoms with Crippen LogP contribution >= 0.6 is 11.6 Å². The lowest BCUT2D eigenvalue weighted by atomic mass is 9.79. The van der Waals surface area contributed by atoms with Crippen molar-refractivity contribution in [3.8, 4) is 5.75 Å². The lowest BCUT2D eigenvalue weighted by molar-refractivity contribution is -0.386. The molecular weight excluding hydrogens is 526 g/mol. The number of hydrogen-bond acceptors (Lipinski definition) is 7. The number of aliphatic carboxylic acids is 1. The van der Waals surface area contributed by atoms with Gasteiger partial charge in [-0.2, -0.15) is 0 Å². The maximum Gasteiger partial charge on any atom is 0.311 e. The van der Waals surface area contributed by atoms with E-state index in [4.69, 9.17) is 31.3 Å². The smallest absolute Gasteiger partial charge is 0.311 e. The molecule has 0 aromatic heterocycles. The van der Waals surface area contributed by atoms with Gasteiger partial charge in [-0.3, -0.25) is 19.7 Å². The number of amides is 1. The molecular formula is C24H28ClN3O8S. The molecule has 1 amide bonds. The third-order valence-electron chi connectivity index (χ3n) is 6.12. The highest BCUT2D eigenvalue weighted by Gasteiger charge is 2.38.